The number of hydrogen-bond acceptors (Lipinski definition) is 7. The van der Waals surface area contributed by atoms with Crippen LogP contribution in [0.15, 0.2) is 0 Å². The topological polar surface area (TPSA) is 142 Å². The predicted octanol–water partition coefficient (Wildman–Crippen LogP) is 0.730. The molecule has 0 unspecified atom stereocenters. The molecular weight excluding hydrogens is 366 g/mol. The van der Waals surface area contributed by atoms with Crippen LogP contribution in [0.1, 0.15) is 71.1 Å². The van der Waals surface area contributed by atoms with Crippen LogP contribution in [0.2, 0.25) is 0 Å². The second-order valence-electron chi connectivity index (χ2n) is 7.61. The third kappa shape index (κ3) is 13.4. The number of carboxylic acid groups (broad SMARTS) is 1. The van der Waals surface area contributed by atoms with E-state index in [-0.39, 0.29) is 13.1 Å². The first kappa shape index (κ1) is 27.2. The Labute approximate surface area is 168 Å². The van der Waals surface area contributed by atoms with E-state index in [9.17, 15) is 25.2 Å². The van der Waals surface area contributed by atoms with Crippen LogP contribution < -0.4 is 0 Å². The van der Waals surface area contributed by atoms with Crippen molar-refractivity contribution in [3.63, 3.8) is 0 Å². The Kier molecular flexibility index (Phi) is 16.6. The monoisotopic (exact) mass is 407 g/mol. The maximum atomic E-state index is 11.0. The normalized spacial score (nSPS) is 16.1. The Morgan fingerprint density at radius 1 is 0.786 bits per heavy atom. The quantitative estimate of drug-likeness (QED) is 0.172. The lowest BCUT2D eigenvalue weighted by Gasteiger charge is -2.29. The Hall–Kier alpha value is -0.770. The maximum absolute atomic E-state index is 11.0. The van der Waals surface area contributed by atoms with Crippen LogP contribution in [-0.2, 0) is 4.79 Å². The SMILES string of the molecule is CCCCCCCCCCCCN(CC(=O)O)C[C@H](O)[C@@H](O)[C@H](O)[C@H](O)CO. The summed E-state index contributed by atoms with van der Waals surface area (Å²) in [5, 5.41) is 56.8. The molecule has 6 N–H and O–H groups in total. The predicted molar refractivity (Wildman–Crippen MR) is 107 cm³/mol. The van der Waals surface area contributed by atoms with Crippen molar-refractivity contribution in [1.82, 2.24) is 4.90 Å². The molecule has 0 heterocycles. The minimum Gasteiger partial charge on any atom is -0.480 e. The average Bonchev–Trinajstić information content (AvgIpc) is 2.66. The Morgan fingerprint density at radius 3 is 1.71 bits per heavy atom. The number of hydrogen-bond donors (Lipinski definition) is 6. The standard InChI is InChI=1S/C20H41NO7/c1-2-3-4-5-6-7-8-9-10-11-12-21(14-18(25)26)13-16(23)19(27)20(28)17(24)15-22/h16-17,19-20,22-24,27-28H,2-15H2,1H3,(H,25,26)/t16-,17+,19+,20+/m0/s1. The first-order chi connectivity index (χ1) is 13.3. The van der Waals surface area contributed by atoms with Gasteiger partial charge in [0.05, 0.1) is 19.3 Å². The molecule has 0 aromatic heterocycles. The van der Waals surface area contributed by atoms with Gasteiger partial charge in [-0.15, -0.1) is 0 Å². The molecule has 0 fully saturated rings. The molecule has 4 atom stereocenters. The molecule has 0 bridgehead atoms. The van der Waals surface area contributed by atoms with Gasteiger partial charge in [0.25, 0.3) is 0 Å². The van der Waals surface area contributed by atoms with Crippen LogP contribution in [0.5, 0.6) is 0 Å². The van der Waals surface area contributed by atoms with Crippen LogP contribution in [0.4, 0.5) is 0 Å². The fraction of sp³-hybridized carbons (Fsp3) is 0.950. The Bertz CT molecular complexity index is 384. The number of rotatable bonds is 19. The Balaban J connectivity index is 4.12. The summed E-state index contributed by atoms with van der Waals surface area (Å²) in [5.74, 6) is -1.04. The van der Waals surface area contributed by atoms with Gasteiger partial charge in [0.15, 0.2) is 0 Å². The second kappa shape index (κ2) is 17.1. The highest BCUT2D eigenvalue weighted by atomic mass is 16.4. The van der Waals surface area contributed by atoms with Crippen LogP contribution in [0.25, 0.3) is 0 Å². The van der Waals surface area contributed by atoms with E-state index in [1.54, 1.807) is 0 Å². The number of unbranched alkanes of at least 4 members (excludes halogenated alkanes) is 9. The van der Waals surface area contributed by atoms with E-state index < -0.39 is 37.0 Å². The molecule has 0 aliphatic heterocycles. The molecule has 8 heteroatoms. The van der Waals surface area contributed by atoms with Gasteiger partial charge in [-0.25, -0.2) is 0 Å². The zero-order chi connectivity index (χ0) is 21.4. The van der Waals surface area contributed by atoms with Gasteiger partial charge in [-0.3, -0.25) is 9.69 Å². The Morgan fingerprint density at radius 2 is 1.25 bits per heavy atom. The first-order valence-electron chi connectivity index (χ1n) is 10.6. The van der Waals surface area contributed by atoms with Crippen molar-refractivity contribution in [3.05, 3.63) is 0 Å². The smallest absolute Gasteiger partial charge is 0.317 e. The highest BCUT2D eigenvalue weighted by Gasteiger charge is 2.31. The van der Waals surface area contributed by atoms with E-state index in [0.717, 1.165) is 25.7 Å². The van der Waals surface area contributed by atoms with Gasteiger partial charge in [-0.1, -0.05) is 64.7 Å². The molecule has 0 amide bonds. The third-order valence-corrected chi connectivity index (χ3v) is 4.96. The lowest BCUT2D eigenvalue weighted by molar-refractivity contribution is -0.140. The summed E-state index contributed by atoms with van der Waals surface area (Å²) < 4.78 is 0. The minimum atomic E-state index is -1.70. The molecule has 0 saturated carbocycles. The molecule has 0 saturated heterocycles. The summed E-state index contributed by atoms with van der Waals surface area (Å²) in [5.41, 5.74) is 0. The molecule has 28 heavy (non-hydrogen) atoms. The van der Waals surface area contributed by atoms with E-state index in [2.05, 4.69) is 6.92 Å². The van der Waals surface area contributed by atoms with E-state index in [1.807, 2.05) is 0 Å². The first-order valence-corrected chi connectivity index (χ1v) is 10.6. The fourth-order valence-corrected chi connectivity index (χ4v) is 3.18. The van der Waals surface area contributed by atoms with Crippen molar-refractivity contribution in [1.29, 1.82) is 0 Å². The highest BCUT2D eigenvalue weighted by molar-refractivity contribution is 5.69. The molecule has 0 aliphatic rings. The van der Waals surface area contributed by atoms with Crippen molar-refractivity contribution < 1.29 is 35.4 Å². The maximum Gasteiger partial charge on any atom is 0.317 e. The van der Waals surface area contributed by atoms with Crippen LogP contribution in [0.3, 0.4) is 0 Å². The summed E-state index contributed by atoms with van der Waals surface area (Å²) in [6.45, 7) is 1.50. The molecular formula is C20H41NO7. The van der Waals surface area contributed by atoms with Crippen LogP contribution >= 0.6 is 0 Å². The van der Waals surface area contributed by atoms with Crippen LogP contribution in [-0.4, -0.2) is 92.2 Å². The van der Waals surface area contributed by atoms with Gasteiger partial charge in [0.2, 0.25) is 0 Å². The largest absolute Gasteiger partial charge is 0.480 e. The van der Waals surface area contributed by atoms with Gasteiger partial charge in [-0.2, -0.15) is 0 Å². The van der Waals surface area contributed by atoms with Crippen molar-refractivity contribution in [3.8, 4) is 0 Å². The number of aliphatic carboxylic acids is 1. The summed E-state index contributed by atoms with van der Waals surface area (Å²) in [6, 6.07) is 0. The van der Waals surface area contributed by atoms with Gasteiger partial charge in [0.1, 0.15) is 18.3 Å². The summed E-state index contributed by atoms with van der Waals surface area (Å²) in [6.07, 6.45) is 5.25. The molecule has 8 nitrogen and oxygen atoms in total. The molecule has 0 aromatic rings. The molecule has 0 radical (unpaired) electrons. The van der Waals surface area contributed by atoms with Gasteiger partial charge in [-0.05, 0) is 13.0 Å². The van der Waals surface area contributed by atoms with Gasteiger partial charge >= 0.3 is 5.97 Å². The molecule has 168 valence electrons. The zero-order valence-electron chi connectivity index (χ0n) is 17.2. The number of aliphatic hydroxyl groups is 5. The minimum absolute atomic E-state index is 0.139. The van der Waals surface area contributed by atoms with E-state index in [1.165, 1.54) is 43.4 Å². The average molecular weight is 408 g/mol. The number of carboxylic acids is 1. The van der Waals surface area contributed by atoms with E-state index in [4.69, 9.17) is 10.2 Å². The van der Waals surface area contributed by atoms with Crippen molar-refractivity contribution in [2.45, 2.75) is 95.5 Å². The lowest BCUT2D eigenvalue weighted by atomic mass is 10.0. The summed E-state index contributed by atoms with van der Waals surface area (Å²) in [7, 11) is 0. The fourth-order valence-electron chi connectivity index (χ4n) is 3.18. The molecule has 0 spiro atoms. The molecule has 0 rings (SSSR count). The van der Waals surface area contributed by atoms with Crippen molar-refractivity contribution >= 4 is 5.97 Å². The van der Waals surface area contributed by atoms with Crippen molar-refractivity contribution in [2.24, 2.45) is 0 Å². The van der Waals surface area contributed by atoms with Crippen LogP contribution in [0, 0.1) is 0 Å². The highest BCUT2D eigenvalue weighted by Crippen LogP contribution is 2.12. The summed E-state index contributed by atoms with van der Waals surface area (Å²) >= 11 is 0. The molecule has 0 aromatic carbocycles. The van der Waals surface area contributed by atoms with E-state index in [0.29, 0.717) is 6.54 Å². The van der Waals surface area contributed by atoms with Crippen molar-refractivity contribution in [2.75, 3.05) is 26.2 Å². The van der Waals surface area contributed by atoms with Gasteiger partial charge in [0, 0.05) is 6.54 Å². The van der Waals surface area contributed by atoms with Gasteiger partial charge < -0.3 is 30.6 Å². The van der Waals surface area contributed by atoms with E-state index >= 15 is 0 Å². The summed E-state index contributed by atoms with van der Waals surface area (Å²) in [4.78, 5) is 12.5. The number of carbonyl (C=O) groups is 1. The lowest BCUT2D eigenvalue weighted by Crippen LogP contribution is -2.50. The zero-order valence-corrected chi connectivity index (χ0v) is 17.2. The second-order valence-corrected chi connectivity index (χ2v) is 7.61. The third-order valence-electron chi connectivity index (χ3n) is 4.96. The molecule has 0 aliphatic carbocycles. The number of nitrogens with zero attached hydrogens (tertiary/aromatic N) is 1. The number of aliphatic hydroxyl groups excluding tert-OH is 5.